The van der Waals surface area contributed by atoms with E-state index in [-0.39, 0.29) is 24.2 Å². The highest BCUT2D eigenvalue weighted by Crippen LogP contribution is 2.31. The van der Waals surface area contributed by atoms with Crippen molar-refractivity contribution in [2.45, 2.75) is 39.7 Å². The van der Waals surface area contributed by atoms with Gasteiger partial charge < -0.3 is 11.1 Å². The van der Waals surface area contributed by atoms with Crippen LogP contribution in [-0.2, 0) is 11.3 Å². The summed E-state index contributed by atoms with van der Waals surface area (Å²) in [5, 5.41) is 3.10. The maximum Gasteiger partial charge on any atom is 0.223 e. The Morgan fingerprint density at radius 3 is 2.52 bits per heavy atom. The Morgan fingerprint density at radius 1 is 1.33 bits per heavy atom. The molecule has 1 aliphatic carbocycles. The van der Waals surface area contributed by atoms with Gasteiger partial charge in [0.15, 0.2) is 0 Å². The van der Waals surface area contributed by atoms with Gasteiger partial charge in [-0.3, -0.25) is 4.79 Å². The summed E-state index contributed by atoms with van der Waals surface area (Å²) >= 11 is 3.50. The SMILES string of the molecule is Cc1cc(Br)cc(C)c1CNC(=O)[C@@H]1CCC[C@@H]1CN.Cl. The second kappa shape index (κ2) is 8.16. The van der Waals surface area contributed by atoms with Crippen LogP contribution in [0, 0.1) is 25.7 Å². The van der Waals surface area contributed by atoms with Gasteiger partial charge in [0.2, 0.25) is 5.91 Å². The van der Waals surface area contributed by atoms with Crippen LogP contribution in [0.15, 0.2) is 16.6 Å². The van der Waals surface area contributed by atoms with E-state index < -0.39 is 0 Å². The molecule has 0 heterocycles. The Kier molecular flexibility index (Phi) is 7.17. The number of benzene rings is 1. The molecular formula is C16H24BrClN2O. The fourth-order valence-electron chi connectivity index (χ4n) is 3.19. The van der Waals surface area contributed by atoms with Crippen LogP contribution in [-0.4, -0.2) is 12.5 Å². The van der Waals surface area contributed by atoms with Crippen molar-refractivity contribution in [1.82, 2.24) is 5.32 Å². The number of carbonyl (C=O) groups is 1. The summed E-state index contributed by atoms with van der Waals surface area (Å²) < 4.78 is 1.08. The highest BCUT2D eigenvalue weighted by Gasteiger charge is 2.31. The summed E-state index contributed by atoms with van der Waals surface area (Å²) in [4.78, 5) is 12.3. The van der Waals surface area contributed by atoms with Crippen molar-refractivity contribution in [2.75, 3.05) is 6.54 Å². The maximum atomic E-state index is 12.3. The molecule has 0 unspecified atom stereocenters. The zero-order valence-electron chi connectivity index (χ0n) is 12.6. The van der Waals surface area contributed by atoms with Crippen LogP contribution in [0.2, 0.25) is 0 Å². The minimum absolute atomic E-state index is 0. The van der Waals surface area contributed by atoms with Crippen LogP contribution in [0.5, 0.6) is 0 Å². The smallest absolute Gasteiger partial charge is 0.223 e. The van der Waals surface area contributed by atoms with E-state index in [0.29, 0.717) is 19.0 Å². The van der Waals surface area contributed by atoms with Crippen LogP contribution in [0.4, 0.5) is 0 Å². The summed E-state index contributed by atoms with van der Waals surface area (Å²) in [5.41, 5.74) is 9.38. The lowest BCUT2D eigenvalue weighted by Gasteiger charge is -2.18. The first kappa shape index (κ1) is 18.5. The third-order valence-corrected chi connectivity index (χ3v) is 4.86. The van der Waals surface area contributed by atoms with E-state index >= 15 is 0 Å². The number of nitrogens with two attached hydrogens (primary N) is 1. The van der Waals surface area contributed by atoms with Crippen molar-refractivity contribution < 1.29 is 4.79 Å². The molecular weight excluding hydrogens is 352 g/mol. The van der Waals surface area contributed by atoms with E-state index in [0.717, 1.165) is 23.7 Å². The average Bonchev–Trinajstić information content (AvgIpc) is 2.85. The van der Waals surface area contributed by atoms with E-state index in [4.69, 9.17) is 5.73 Å². The van der Waals surface area contributed by atoms with Gasteiger partial charge in [-0.1, -0.05) is 22.4 Å². The van der Waals surface area contributed by atoms with E-state index in [1.54, 1.807) is 0 Å². The highest BCUT2D eigenvalue weighted by molar-refractivity contribution is 9.10. The number of nitrogens with one attached hydrogen (secondary N) is 1. The van der Waals surface area contributed by atoms with Crippen LogP contribution in [0.25, 0.3) is 0 Å². The average molecular weight is 376 g/mol. The largest absolute Gasteiger partial charge is 0.352 e. The third kappa shape index (κ3) is 4.44. The van der Waals surface area contributed by atoms with Crippen LogP contribution < -0.4 is 11.1 Å². The number of hydrogen-bond donors (Lipinski definition) is 2. The minimum Gasteiger partial charge on any atom is -0.352 e. The summed E-state index contributed by atoms with van der Waals surface area (Å²) in [6, 6.07) is 4.18. The number of halogens is 2. The summed E-state index contributed by atoms with van der Waals surface area (Å²) in [6.45, 7) is 5.39. The van der Waals surface area contributed by atoms with Crippen LogP contribution in [0.1, 0.15) is 36.0 Å². The van der Waals surface area contributed by atoms with Gasteiger partial charge in [-0.05, 0) is 68.0 Å². The summed E-state index contributed by atoms with van der Waals surface area (Å²) in [7, 11) is 0. The molecule has 1 fully saturated rings. The maximum absolute atomic E-state index is 12.3. The Hall–Kier alpha value is -0.580. The molecule has 1 aliphatic rings. The first-order valence-corrected chi connectivity index (χ1v) is 8.05. The molecule has 3 N–H and O–H groups in total. The van der Waals surface area contributed by atoms with Crippen molar-refractivity contribution in [1.29, 1.82) is 0 Å². The third-order valence-electron chi connectivity index (χ3n) is 4.40. The van der Waals surface area contributed by atoms with Crippen LogP contribution >= 0.6 is 28.3 Å². The molecule has 2 atom stereocenters. The van der Waals surface area contributed by atoms with Gasteiger partial charge in [-0.25, -0.2) is 0 Å². The zero-order chi connectivity index (χ0) is 14.7. The van der Waals surface area contributed by atoms with E-state index in [1.807, 2.05) is 0 Å². The number of amides is 1. The normalized spacial score (nSPS) is 21.0. The van der Waals surface area contributed by atoms with E-state index in [9.17, 15) is 4.79 Å². The minimum atomic E-state index is 0. The molecule has 0 saturated heterocycles. The van der Waals surface area contributed by atoms with Crippen molar-refractivity contribution >= 4 is 34.2 Å². The standard InChI is InChI=1S/C16H23BrN2O.ClH/c1-10-6-13(17)7-11(2)15(10)9-19-16(20)14-5-3-4-12(14)8-18;/h6-7,12,14H,3-5,8-9,18H2,1-2H3,(H,19,20);1H/t12-,14-;/m1./s1. The lowest BCUT2D eigenvalue weighted by molar-refractivity contribution is -0.126. The second-order valence-electron chi connectivity index (χ2n) is 5.77. The fourth-order valence-corrected chi connectivity index (χ4v) is 3.88. The molecule has 0 radical (unpaired) electrons. The molecule has 0 spiro atoms. The molecule has 0 aromatic heterocycles. The van der Waals surface area contributed by atoms with Crippen molar-refractivity contribution in [3.63, 3.8) is 0 Å². The quantitative estimate of drug-likeness (QED) is 0.846. The zero-order valence-corrected chi connectivity index (χ0v) is 15.0. The predicted octanol–water partition coefficient (Wildman–Crippen LogP) is 3.48. The Balaban J connectivity index is 0.00000220. The molecule has 1 aromatic rings. The van der Waals surface area contributed by atoms with Crippen LogP contribution in [0.3, 0.4) is 0 Å². The lowest BCUT2D eigenvalue weighted by Crippen LogP contribution is -2.35. The second-order valence-corrected chi connectivity index (χ2v) is 6.68. The topological polar surface area (TPSA) is 55.1 Å². The molecule has 1 saturated carbocycles. The molecule has 5 heteroatoms. The number of rotatable bonds is 4. The van der Waals surface area contributed by atoms with E-state index in [1.165, 1.54) is 16.7 Å². The Morgan fingerprint density at radius 2 is 1.95 bits per heavy atom. The molecule has 2 rings (SSSR count). The van der Waals surface area contributed by atoms with Gasteiger partial charge in [-0.2, -0.15) is 0 Å². The molecule has 118 valence electrons. The monoisotopic (exact) mass is 374 g/mol. The molecule has 3 nitrogen and oxygen atoms in total. The van der Waals surface area contributed by atoms with Gasteiger partial charge in [0.25, 0.3) is 0 Å². The molecule has 1 amide bonds. The fraction of sp³-hybridized carbons (Fsp3) is 0.562. The predicted molar refractivity (Wildman–Crippen MR) is 92.6 cm³/mol. The molecule has 1 aromatic carbocycles. The van der Waals surface area contributed by atoms with Crippen molar-refractivity contribution in [3.8, 4) is 0 Å². The summed E-state index contributed by atoms with van der Waals surface area (Å²) in [5.74, 6) is 0.637. The van der Waals surface area contributed by atoms with Gasteiger partial charge in [0.05, 0.1) is 0 Å². The van der Waals surface area contributed by atoms with Gasteiger partial charge in [-0.15, -0.1) is 12.4 Å². The molecule has 21 heavy (non-hydrogen) atoms. The molecule has 0 aliphatic heterocycles. The van der Waals surface area contributed by atoms with Gasteiger partial charge >= 0.3 is 0 Å². The Labute approximate surface area is 141 Å². The number of aryl methyl sites for hydroxylation is 2. The number of carbonyl (C=O) groups excluding carboxylic acids is 1. The van der Waals surface area contributed by atoms with Gasteiger partial charge in [0.1, 0.15) is 0 Å². The van der Waals surface area contributed by atoms with Crippen molar-refractivity contribution in [3.05, 3.63) is 33.3 Å². The first-order chi connectivity index (χ1) is 9.52. The lowest BCUT2D eigenvalue weighted by atomic mass is 9.95. The van der Waals surface area contributed by atoms with Crippen molar-refractivity contribution in [2.24, 2.45) is 17.6 Å². The Bertz CT molecular complexity index is 484. The first-order valence-electron chi connectivity index (χ1n) is 7.26. The van der Waals surface area contributed by atoms with E-state index in [2.05, 4.69) is 47.2 Å². The van der Waals surface area contributed by atoms with Gasteiger partial charge in [0, 0.05) is 16.9 Å². The number of hydrogen-bond acceptors (Lipinski definition) is 2. The summed E-state index contributed by atoms with van der Waals surface area (Å²) in [6.07, 6.45) is 3.19. The molecule has 0 bridgehead atoms. The highest BCUT2D eigenvalue weighted by atomic mass is 79.9.